The van der Waals surface area contributed by atoms with Crippen LogP contribution in [-0.4, -0.2) is 36.7 Å². The van der Waals surface area contributed by atoms with E-state index in [9.17, 15) is 13.2 Å². The Labute approximate surface area is 232 Å². The zero-order valence-corrected chi connectivity index (χ0v) is 23.9. The molecular formula is C28H36Cl2F3NO4. The summed E-state index contributed by atoms with van der Waals surface area (Å²) < 4.78 is 59.0. The molecular weight excluding hydrogens is 542 g/mol. The second-order valence-corrected chi connectivity index (χ2v) is 12.0. The minimum atomic E-state index is -4.56. The minimum absolute atomic E-state index is 0.119. The number of benzene rings is 2. The maximum Gasteiger partial charge on any atom is 0.419 e. The topological polar surface area (TPSA) is 49.0 Å². The number of ether oxygens (including phenoxy) is 3. The number of halogens is 5. The second-order valence-electron chi connectivity index (χ2n) is 11.1. The van der Waals surface area contributed by atoms with Crippen LogP contribution in [0.4, 0.5) is 13.2 Å². The maximum atomic E-state index is 13.9. The van der Waals surface area contributed by atoms with Crippen molar-refractivity contribution < 1.29 is 32.2 Å². The van der Waals surface area contributed by atoms with Crippen molar-refractivity contribution in [3.05, 3.63) is 63.1 Å². The van der Waals surface area contributed by atoms with E-state index in [4.69, 9.17) is 42.3 Å². The van der Waals surface area contributed by atoms with Crippen molar-refractivity contribution in [3.63, 3.8) is 0 Å². The lowest BCUT2D eigenvalue weighted by atomic mass is 9.91. The Kier molecular flexibility index (Phi) is 10.0. The molecule has 1 aliphatic rings. The summed E-state index contributed by atoms with van der Waals surface area (Å²) in [5, 5.41) is 1.03. The van der Waals surface area contributed by atoms with Crippen molar-refractivity contribution in [2.45, 2.75) is 83.4 Å². The Bertz CT molecular complexity index is 1060. The fraction of sp³-hybridized carbons (Fsp3) is 0.571. The zero-order valence-electron chi connectivity index (χ0n) is 22.4. The fourth-order valence-electron chi connectivity index (χ4n) is 3.90. The first-order chi connectivity index (χ1) is 17.6. The highest BCUT2D eigenvalue weighted by molar-refractivity contribution is 6.34. The summed E-state index contributed by atoms with van der Waals surface area (Å²) in [6, 6.07) is 9.39. The summed E-state index contributed by atoms with van der Waals surface area (Å²) in [4.78, 5) is 5.80. The Hall–Kier alpha value is -1.55. The van der Waals surface area contributed by atoms with Crippen LogP contribution in [0.1, 0.15) is 64.2 Å². The summed E-state index contributed by atoms with van der Waals surface area (Å²) in [5.41, 5.74) is 2.53. The van der Waals surface area contributed by atoms with E-state index in [1.807, 2.05) is 34.6 Å². The van der Waals surface area contributed by atoms with E-state index < -0.39 is 28.7 Å². The Morgan fingerprint density at radius 2 is 1.55 bits per heavy atom. The number of nitrogens with one attached hydrogen (secondary N) is 1. The van der Waals surface area contributed by atoms with Crippen molar-refractivity contribution in [3.8, 4) is 5.75 Å². The summed E-state index contributed by atoms with van der Waals surface area (Å²) in [6.45, 7) is 10.1. The molecule has 1 heterocycles. The third-order valence-electron chi connectivity index (χ3n) is 6.00. The predicted molar refractivity (Wildman–Crippen MR) is 143 cm³/mol. The van der Waals surface area contributed by atoms with E-state index in [0.717, 1.165) is 11.6 Å². The van der Waals surface area contributed by atoms with Crippen LogP contribution in [0.2, 0.25) is 10.0 Å². The van der Waals surface area contributed by atoms with Crippen LogP contribution in [0.5, 0.6) is 5.75 Å². The van der Waals surface area contributed by atoms with E-state index in [0.29, 0.717) is 54.5 Å². The van der Waals surface area contributed by atoms with E-state index in [1.54, 1.807) is 24.3 Å². The van der Waals surface area contributed by atoms with Gasteiger partial charge in [0.1, 0.15) is 5.75 Å². The smallest absolute Gasteiger partial charge is 0.419 e. The lowest BCUT2D eigenvalue weighted by Crippen LogP contribution is -2.60. The molecule has 0 radical (unpaired) electrons. The molecule has 0 aromatic heterocycles. The van der Waals surface area contributed by atoms with Gasteiger partial charge < -0.3 is 14.2 Å². The molecule has 0 atom stereocenters. The summed E-state index contributed by atoms with van der Waals surface area (Å²) >= 11 is 12.0. The molecule has 10 heteroatoms. The quantitative estimate of drug-likeness (QED) is 0.230. The van der Waals surface area contributed by atoms with E-state index >= 15 is 0 Å². The summed E-state index contributed by atoms with van der Waals surface area (Å²) in [7, 11) is 0. The van der Waals surface area contributed by atoms with Crippen molar-refractivity contribution in [2.75, 3.05) is 19.8 Å². The number of hydrogen-bond acceptors (Lipinski definition) is 5. The van der Waals surface area contributed by atoms with Crippen LogP contribution in [0.15, 0.2) is 36.4 Å². The van der Waals surface area contributed by atoms with Gasteiger partial charge in [-0.1, -0.05) is 29.3 Å². The Balaban J connectivity index is 1.66. The molecule has 0 bridgehead atoms. The van der Waals surface area contributed by atoms with E-state index in [-0.39, 0.29) is 12.4 Å². The van der Waals surface area contributed by atoms with Gasteiger partial charge in [-0.3, -0.25) is 4.84 Å². The monoisotopic (exact) mass is 577 g/mol. The molecule has 38 heavy (non-hydrogen) atoms. The average molecular weight is 578 g/mol. The zero-order chi connectivity index (χ0) is 28.2. The van der Waals surface area contributed by atoms with Crippen molar-refractivity contribution >= 4 is 23.2 Å². The average Bonchev–Trinajstić information content (AvgIpc) is 2.79. The van der Waals surface area contributed by atoms with Gasteiger partial charge in [0.25, 0.3) is 0 Å². The molecule has 0 saturated carbocycles. The number of alkyl halides is 3. The van der Waals surface area contributed by atoms with Crippen molar-refractivity contribution in [2.24, 2.45) is 0 Å². The van der Waals surface area contributed by atoms with Crippen LogP contribution < -0.4 is 10.2 Å². The minimum Gasteiger partial charge on any atom is -0.493 e. The Morgan fingerprint density at radius 1 is 0.921 bits per heavy atom. The van der Waals surface area contributed by atoms with Gasteiger partial charge in [-0.25, -0.2) is 0 Å². The maximum absolute atomic E-state index is 13.9. The van der Waals surface area contributed by atoms with E-state index in [1.165, 1.54) is 6.07 Å². The molecule has 3 rings (SSSR count). The highest BCUT2D eigenvalue weighted by atomic mass is 35.5. The molecule has 2 aromatic carbocycles. The molecule has 1 aliphatic heterocycles. The molecule has 5 nitrogen and oxygen atoms in total. The van der Waals surface area contributed by atoms with Gasteiger partial charge >= 0.3 is 6.18 Å². The first-order valence-electron chi connectivity index (χ1n) is 12.6. The number of hydroxylamine groups is 1. The van der Waals surface area contributed by atoms with Crippen LogP contribution in [-0.2, 0) is 33.3 Å². The van der Waals surface area contributed by atoms with Gasteiger partial charge in [-0.2, -0.15) is 18.7 Å². The molecule has 1 N–H and O–H groups in total. The first kappa shape index (κ1) is 31.0. The predicted octanol–water partition coefficient (Wildman–Crippen LogP) is 7.80. The van der Waals surface area contributed by atoms with Crippen LogP contribution >= 0.6 is 23.2 Å². The van der Waals surface area contributed by atoms with Crippen LogP contribution in [0.3, 0.4) is 0 Å². The SMILES string of the molecule is CC(C)(C)ONC1(CCc2ccc(OCCCc3cc(Cl)cc(Cl)c3)c(C(F)(F)F)c2)COC(C)(C)OC1. The summed E-state index contributed by atoms with van der Waals surface area (Å²) in [6.07, 6.45) is -2.68. The highest BCUT2D eigenvalue weighted by Gasteiger charge is 2.41. The van der Waals surface area contributed by atoms with Gasteiger partial charge in [-0.15, -0.1) is 0 Å². The van der Waals surface area contributed by atoms with Crippen molar-refractivity contribution in [1.29, 1.82) is 0 Å². The largest absolute Gasteiger partial charge is 0.493 e. The normalized spacial score (nSPS) is 17.4. The van der Waals surface area contributed by atoms with Gasteiger partial charge in [0.05, 0.1) is 36.5 Å². The summed E-state index contributed by atoms with van der Waals surface area (Å²) in [5.74, 6) is -0.936. The molecule has 0 spiro atoms. The standard InChI is InChI=1S/C28H36Cl2F3NO4/c1-25(2,3)38-34-27(17-36-26(4,5)37-18-27)11-10-19-8-9-24(23(15-19)28(31,32)33)35-12-6-7-20-13-21(29)16-22(30)14-20/h8-9,13-16,34H,6-7,10-12,17-18H2,1-5H3. The number of hydrogen-bond donors (Lipinski definition) is 1. The van der Waals surface area contributed by atoms with Crippen molar-refractivity contribution in [1.82, 2.24) is 5.48 Å². The molecule has 0 amide bonds. The van der Waals surface area contributed by atoms with E-state index in [2.05, 4.69) is 5.48 Å². The van der Waals surface area contributed by atoms with Gasteiger partial charge in [-0.05, 0) is 102 Å². The lowest BCUT2D eigenvalue weighted by molar-refractivity contribution is -0.291. The number of aryl methyl sites for hydroxylation is 2. The van der Waals surface area contributed by atoms with Crippen LogP contribution in [0, 0.1) is 0 Å². The molecule has 212 valence electrons. The number of rotatable bonds is 10. The third-order valence-corrected chi connectivity index (χ3v) is 6.43. The highest BCUT2D eigenvalue weighted by Crippen LogP contribution is 2.38. The molecule has 0 unspecified atom stereocenters. The van der Waals surface area contributed by atoms with Gasteiger partial charge in [0.15, 0.2) is 5.79 Å². The molecule has 0 aliphatic carbocycles. The fourth-order valence-corrected chi connectivity index (χ4v) is 4.47. The Morgan fingerprint density at radius 3 is 2.13 bits per heavy atom. The molecule has 1 fully saturated rings. The third kappa shape index (κ3) is 9.57. The van der Waals surface area contributed by atoms with Crippen LogP contribution in [0.25, 0.3) is 0 Å². The van der Waals surface area contributed by atoms with Gasteiger partial charge in [0.2, 0.25) is 0 Å². The molecule has 1 saturated heterocycles. The lowest BCUT2D eigenvalue weighted by Gasteiger charge is -2.44. The second kappa shape index (κ2) is 12.3. The van der Waals surface area contributed by atoms with Gasteiger partial charge in [0, 0.05) is 10.0 Å². The first-order valence-corrected chi connectivity index (χ1v) is 13.3. The molecule has 2 aromatic rings.